The number of benzene rings is 1. The van der Waals surface area contributed by atoms with Crippen LogP contribution in [0.4, 0.5) is 0 Å². The zero-order valence-corrected chi connectivity index (χ0v) is 14.6. The van der Waals surface area contributed by atoms with E-state index in [0.29, 0.717) is 6.54 Å². The fourth-order valence-electron chi connectivity index (χ4n) is 2.05. The largest absolute Gasteiger partial charge is 0.464 e. The van der Waals surface area contributed by atoms with Crippen molar-refractivity contribution in [2.45, 2.75) is 18.4 Å². The van der Waals surface area contributed by atoms with E-state index >= 15 is 0 Å². The molecule has 0 fully saturated rings. The van der Waals surface area contributed by atoms with E-state index in [2.05, 4.69) is 4.72 Å². The Morgan fingerprint density at radius 3 is 2.42 bits per heavy atom. The highest BCUT2D eigenvalue weighted by molar-refractivity contribution is 7.89. The first kappa shape index (κ1) is 18.0. The molecule has 24 heavy (non-hydrogen) atoms. The first-order valence-electron chi connectivity index (χ1n) is 7.34. The summed E-state index contributed by atoms with van der Waals surface area (Å²) in [7, 11) is -0.405. The number of carbonyl (C=O) groups is 1. The maximum Gasteiger partial charge on any atom is 0.246 e. The molecule has 2 aromatic rings. The average molecular weight is 348 g/mol. The number of aryl methyl sites for hydroxylation is 1. The first-order chi connectivity index (χ1) is 11.3. The zero-order chi connectivity index (χ0) is 17.7. The molecular weight excluding hydrogens is 328 g/mol. The lowest BCUT2D eigenvalue weighted by Gasteiger charge is -2.13. The van der Waals surface area contributed by atoms with Crippen molar-refractivity contribution in [3.05, 3.63) is 59.6 Å². The Labute approximate surface area is 141 Å². The quantitative estimate of drug-likeness (QED) is 0.812. The molecule has 0 aliphatic heterocycles. The van der Waals surface area contributed by atoms with Gasteiger partial charge in [0.2, 0.25) is 15.9 Å². The SMILES string of the molecule is CNS(=O)(=O)c1ccc(C=CC(=O)N(C)Cc2ccc(C)o2)cc1. The van der Waals surface area contributed by atoms with Gasteiger partial charge >= 0.3 is 0 Å². The van der Waals surface area contributed by atoms with E-state index < -0.39 is 10.0 Å². The van der Waals surface area contributed by atoms with E-state index in [0.717, 1.165) is 17.1 Å². The van der Waals surface area contributed by atoms with Gasteiger partial charge in [-0.3, -0.25) is 4.79 Å². The molecule has 0 aliphatic rings. The van der Waals surface area contributed by atoms with E-state index in [4.69, 9.17) is 4.42 Å². The molecule has 2 rings (SSSR count). The highest BCUT2D eigenvalue weighted by Crippen LogP contribution is 2.12. The lowest BCUT2D eigenvalue weighted by atomic mass is 10.2. The van der Waals surface area contributed by atoms with Crippen LogP contribution in [0.2, 0.25) is 0 Å². The minimum atomic E-state index is -3.45. The molecule has 0 bridgehead atoms. The van der Waals surface area contributed by atoms with Crippen molar-refractivity contribution in [2.24, 2.45) is 0 Å². The third-order valence-electron chi connectivity index (χ3n) is 3.44. The summed E-state index contributed by atoms with van der Waals surface area (Å²) in [6.45, 7) is 2.24. The Kier molecular flexibility index (Phi) is 5.58. The Bertz CT molecular complexity index is 836. The van der Waals surface area contributed by atoms with E-state index in [1.807, 2.05) is 19.1 Å². The lowest BCUT2D eigenvalue weighted by Crippen LogP contribution is -2.23. The molecule has 1 heterocycles. The van der Waals surface area contributed by atoms with E-state index in [9.17, 15) is 13.2 Å². The summed E-state index contributed by atoms with van der Waals surface area (Å²) < 4.78 is 31.0. The minimum absolute atomic E-state index is 0.170. The topological polar surface area (TPSA) is 79.6 Å². The zero-order valence-electron chi connectivity index (χ0n) is 13.8. The molecular formula is C17H20N2O4S. The third kappa shape index (κ3) is 4.56. The van der Waals surface area contributed by atoms with Gasteiger partial charge in [-0.1, -0.05) is 12.1 Å². The molecule has 0 atom stereocenters. The van der Waals surface area contributed by atoms with Crippen LogP contribution in [-0.2, 0) is 21.4 Å². The van der Waals surface area contributed by atoms with Crippen molar-refractivity contribution in [2.75, 3.05) is 14.1 Å². The third-order valence-corrected chi connectivity index (χ3v) is 4.87. The van der Waals surface area contributed by atoms with Crippen molar-refractivity contribution in [1.82, 2.24) is 9.62 Å². The highest BCUT2D eigenvalue weighted by atomic mass is 32.2. The fourth-order valence-corrected chi connectivity index (χ4v) is 2.78. The fraction of sp³-hybridized carbons (Fsp3) is 0.235. The van der Waals surface area contributed by atoms with Crippen molar-refractivity contribution in [3.63, 3.8) is 0 Å². The number of nitrogens with zero attached hydrogens (tertiary/aromatic N) is 1. The molecule has 1 amide bonds. The normalized spacial score (nSPS) is 11.8. The van der Waals surface area contributed by atoms with Gasteiger partial charge in [0, 0.05) is 13.1 Å². The van der Waals surface area contributed by atoms with Gasteiger partial charge < -0.3 is 9.32 Å². The summed E-state index contributed by atoms with van der Waals surface area (Å²) in [6, 6.07) is 9.96. The smallest absolute Gasteiger partial charge is 0.246 e. The predicted molar refractivity (Wildman–Crippen MR) is 91.6 cm³/mol. The van der Waals surface area contributed by atoms with E-state index in [-0.39, 0.29) is 10.8 Å². The molecule has 7 heteroatoms. The lowest BCUT2D eigenvalue weighted by molar-refractivity contribution is -0.125. The first-order valence-corrected chi connectivity index (χ1v) is 8.82. The second kappa shape index (κ2) is 7.46. The van der Waals surface area contributed by atoms with Gasteiger partial charge in [0.15, 0.2) is 0 Å². The van der Waals surface area contributed by atoms with Crippen molar-refractivity contribution in [1.29, 1.82) is 0 Å². The number of amides is 1. The number of hydrogen-bond donors (Lipinski definition) is 1. The van der Waals surface area contributed by atoms with Gasteiger partial charge in [-0.05, 0) is 49.9 Å². The monoisotopic (exact) mass is 348 g/mol. The molecule has 0 unspecified atom stereocenters. The summed E-state index contributed by atoms with van der Waals surface area (Å²) in [5.74, 6) is 1.35. The van der Waals surface area contributed by atoms with Crippen LogP contribution in [0.1, 0.15) is 17.1 Å². The number of carbonyl (C=O) groups excluding carboxylic acids is 1. The minimum Gasteiger partial charge on any atom is -0.464 e. The van der Waals surface area contributed by atoms with Crippen LogP contribution in [0, 0.1) is 6.92 Å². The molecule has 128 valence electrons. The second-order valence-electron chi connectivity index (χ2n) is 5.32. The van der Waals surface area contributed by atoms with Gasteiger partial charge in [0.1, 0.15) is 11.5 Å². The standard InChI is InChI=1S/C17H20N2O4S/c1-13-4-8-15(23-13)12-19(3)17(20)11-7-14-5-9-16(10-6-14)24(21,22)18-2/h4-11,18H,12H2,1-3H3. The van der Waals surface area contributed by atoms with Crippen LogP contribution in [0.5, 0.6) is 0 Å². The van der Waals surface area contributed by atoms with Crippen molar-refractivity contribution >= 4 is 22.0 Å². The predicted octanol–water partition coefficient (Wildman–Crippen LogP) is 2.17. The maximum atomic E-state index is 12.1. The van der Waals surface area contributed by atoms with Gasteiger partial charge in [-0.2, -0.15) is 0 Å². The van der Waals surface area contributed by atoms with E-state index in [1.54, 1.807) is 25.3 Å². The summed E-state index contributed by atoms with van der Waals surface area (Å²) in [6.07, 6.45) is 3.08. The van der Waals surface area contributed by atoms with Crippen LogP contribution in [-0.4, -0.2) is 33.3 Å². The summed E-state index contributed by atoms with van der Waals surface area (Å²) >= 11 is 0. The van der Waals surface area contributed by atoms with Crippen LogP contribution in [0.3, 0.4) is 0 Å². The number of sulfonamides is 1. The van der Waals surface area contributed by atoms with Gasteiger partial charge in [-0.25, -0.2) is 13.1 Å². The summed E-state index contributed by atoms with van der Waals surface area (Å²) in [4.78, 5) is 13.8. The Morgan fingerprint density at radius 2 is 1.88 bits per heavy atom. The number of furan rings is 1. The van der Waals surface area contributed by atoms with Crippen LogP contribution in [0.15, 0.2) is 51.8 Å². The molecule has 0 radical (unpaired) electrons. The highest BCUT2D eigenvalue weighted by Gasteiger charge is 2.10. The van der Waals surface area contributed by atoms with Crippen LogP contribution < -0.4 is 4.72 Å². The average Bonchev–Trinajstić information content (AvgIpc) is 2.97. The molecule has 1 aromatic heterocycles. The number of likely N-dealkylation sites (N-methyl/N-ethyl adjacent to an activating group) is 1. The maximum absolute atomic E-state index is 12.1. The molecule has 0 saturated carbocycles. The van der Waals surface area contributed by atoms with Gasteiger partial charge in [0.05, 0.1) is 11.4 Å². The Balaban J connectivity index is 2.00. The second-order valence-corrected chi connectivity index (χ2v) is 7.20. The summed E-state index contributed by atoms with van der Waals surface area (Å²) in [5, 5.41) is 0. The molecule has 0 spiro atoms. The molecule has 0 saturated heterocycles. The Hall–Kier alpha value is -2.38. The van der Waals surface area contributed by atoms with E-state index in [1.165, 1.54) is 30.2 Å². The van der Waals surface area contributed by atoms with Crippen LogP contribution >= 0.6 is 0 Å². The number of rotatable bonds is 6. The molecule has 6 nitrogen and oxygen atoms in total. The number of nitrogens with one attached hydrogen (secondary N) is 1. The molecule has 1 N–H and O–H groups in total. The number of hydrogen-bond acceptors (Lipinski definition) is 4. The van der Waals surface area contributed by atoms with Crippen molar-refractivity contribution < 1.29 is 17.6 Å². The van der Waals surface area contributed by atoms with Crippen LogP contribution in [0.25, 0.3) is 6.08 Å². The Morgan fingerprint density at radius 1 is 1.21 bits per heavy atom. The molecule has 0 aliphatic carbocycles. The summed E-state index contributed by atoms with van der Waals surface area (Å²) in [5.41, 5.74) is 0.737. The van der Waals surface area contributed by atoms with Gasteiger partial charge in [0.25, 0.3) is 0 Å². The van der Waals surface area contributed by atoms with Crippen molar-refractivity contribution in [3.8, 4) is 0 Å². The van der Waals surface area contributed by atoms with Gasteiger partial charge in [-0.15, -0.1) is 0 Å². The molecule has 1 aromatic carbocycles.